The molecule has 0 amide bonds. The van der Waals surface area contributed by atoms with Crippen LogP contribution in [0.3, 0.4) is 0 Å². The van der Waals surface area contributed by atoms with Crippen LogP contribution in [-0.4, -0.2) is 14.9 Å². The molecule has 1 heterocycles. The SMILES string of the molecule is CCc1c(CO)cnn1C(CC)CC. The number of rotatable bonds is 5. The van der Waals surface area contributed by atoms with Crippen molar-refractivity contribution in [3.05, 3.63) is 17.5 Å². The summed E-state index contributed by atoms with van der Waals surface area (Å²) in [4.78, 5) is 0. The van der Waals surface area contributed by atoms with Crippen molar-refractivity contribution in [2.45, 2.75) is 52.7 Å². The number of aromatic nitrogens is 2. The minimum Gasteiger partial charge on any atom is -0.392 e. The molecule has 0 fully saturated rings. The van der Waals surface area contributed by atoms with Gasteiger partial charge in [0.1, 0.15) is 0 Å². The van der Waals surface area contributed by atoms with Crippen LogP contribution in [0.1, 0.15) is 50.9 Å². The van der Waals surface area contributed by atoms with E-state index in [2.05, 4.69) is 30.6 Å². The average Bonchev–Trinajstić information content (AvgIpc) is 2.62. The van der Waals surface area contributed by atoms with E-state index in [1.807, 2.05) is 0 Å². The number of hydrogen-bond donors (Lipinski definition) is 1. The molecular formula is C11H20N2O. The topological polar surface area (TPSA) is 38.1 Å². The van der Waals surface area contributed by atoms with Crippen molar-refractivity contribution in [1.29, 1.82) is 0 Å². The van der Waals surface area contributed by atoms with Gasteiger partial charge >= 0.3 is 0 Å². The summed E-state index contributed by atoms with van der Waals surface area (Å²) in [5.74, 6) is 0. The van der Waals surface area contributed by atoms with Crippen LogP contribution in [0.15, 0.2) is 6.20 Å². The fourth-order valence-corrected chi connectivity index (χ4v) is 1.89. The van der Waals surface area contributed by atoms with Crippen molar-refractivity contribution in [2.75, 3.05) is 0 Å². The third-order valence-corrected chi connectivity index (χ3v) is 2.78. The molecule has 0 saturated heterocycles. The van der Waals surface area contributed by atoms with E-state index >= 15 is 0 Å². The van der Waals surface area contributed by atoms with Crippen LogP contribution in [0.2, 0.25) is 0 Å². The van der Waals surface area contributed by atoms with Crippen molar-refractivity contribution in [1.82, 2.24) is 9.78 Å². The van der Waals surface area contributed by atoms with Crippen molar-refractivity contribution < 1.29 is 5.11 Å². The summed E-state index contributed by atoms with van der Waals surface area (Å²) < 4.78 is 2.07. The zero-order valence-electron chi connectivity index (χ0n) is 9.32. The van der Waals surface area contributed by atoms with E-state index in [1.165, 1.54) is 5.69 Å². The zero-order valence-corrected chi connectivity index (χ0v) is 9.32. The first-order valence-corrected chi connectivity index (χ1v) is 5.44. The van der Waals surface area contributed by atoms with Gasteiger partial charge in [0.2, 0.25) is 0 Å². The highest BCUT2D eigenvalue weighted by Crippen LogP contribution is 2.20. The van der Waals surface area contributed by atoms with Crippen molar-refractivity contribution in [3.63, 3.8) is 0 Å². The second-order valence-corrected chi connectivity index (χ2v) is 3.54. The highest BCUT2D eigenvalue weighted by molar-refractivity contribution is 5.17. The van der Waals surface area contributed by atoms with Crippen molar-refractivity contribution >= 4 is 0 Å². The lowest BCUT2D eigenvalue weighted by Crippen LogP contribution is -2.12. The van der Waals surface area contributed by atoms with Gasteiger partial charge in [-0.25, -0.2) is 0 Å². The molecule has 3 heteroatoms. The molecule has 1 rings (SSSR count). The quantitative estimate of drug-likeness (QED) is 0.784. The third kappa shape index (κ3) is 1.98. The lowest BCUT2D eigenvalue weighted by molar-refractivity contribution is 0.280. The van der Waals surface area contributed by atoms with Gasteiger partial charge in [-0.3, -0.25) is 4.68 Å². The molecule has 0 atom stereocenters. The van der Waals surface area contributed by atoms with E-state index in [0.717, 1.165) is 24.8 Å². The van der Waals surface area contributed by atoms with E-state index < -0.39 is 0 Å². The molecule has 0 aromatic carbocycles. The van der Waals surface area contributed by atoms with E-state index in [9.17, 15) is 0 Å². The van der Waals surface area contributed by atoms with Gasteiger partial charge in [0.25, 0.3) is 0 Å². The lowest BCUT2D eigenvalue weighted by Gasteiger charge is -2.16. The Bertz CT molecular complexity index is 277. The number of nitrogens with zero attached hydrogens (tertiary/aromatic N) is 2. The molecule has 1 N–H and O–H groups in total. The first kappa shape index (κ1) is 11.2. The Morgan fingerprint density at radius 2 is 2.00 bits per heavy atom. The standard InChI is InChI=1S/C11H20N2O/c1-4-10(5-2)13-11(6-3)9(8-14)7-12-13/h7,10,14H,4-6,8H2,1-3H3. The predicted octanol–water partition coefficient (Wildman–Crippen LogP) is 2.30. The molecule has 3 nitrogen and oxygen atoms in total. The molecule has 1 aromatic rings. The average molecular weight is 196 g/mol. The molecule has 1 aromatic heterocycles. The second kappa shape index (κ2) is 5.15. The summed E-state index contributed by atoms with van der Waals surface area (Å²) >= 11 is 0. The van der Waals surface area contributed by atoms with Gasteiger partial charge in [0.05, 0.1) is 18.8 Å². The second-order valence-electron chi connectivity index (χ2n) is 3.54. The Labute approximate surface area is 85.8 Å². The van der Waals surface area contributed by atoms with Crippen LogP contribution in [0.25, 0.3) is 0 Å². The van der Waals surface area contributed by atoms with Crippen LogP contribution in [-0.2, 0) is 13.0 Å². The van der Waals surface area contributed by atoms with Gasteiger partial charge in [0.15, 0.2) is 0 Å². The van der Waals surface area contributed by atoms with Gasteiger partial charge < -0.3 is 5.11 Å². The molecule has 14 heavy (non-hydrogen) atoms. The Morgan fingerprint density at radius 3 is 2.43 bits per heavy atom. The molecule has 0 bridgehead atoms. The molecular weight excluding hydrogens is 176 g/mol. The minimum atomic E-state index is 0.101. The Hall–Kier alpha value is -0.830. The maximum absolute atomic E-state index is 9.14. The number of aliphatic hydroxyl groups is 1. The maximum atomic E-state index is 9.14. The van der Waals surface area contributed by atoms with Crippen LogP contribution >= 0.6 is 0 Å². The van der Waals surface area contributed by atoms with Crippen LogP contribution in [0.5, 0.6) is 0 Å². The number of aliphatic hydroxyl groups excluding tert-OH is 1. The van der Waals surface area contributed by atoms with Gasteiger partial charge in [-0.2, -0.15) is 5.10 Å². The molecule has 80 valence electrons. The largest absolute Gasteiger partial charge is 0.392 e. The van der Waals surface area contributed by atoms with Crippen LogP contribution in [0.4, 0.5) is 0 Å². The number of hydrogen-bond acceptors (Lipinski definition) is 2. The maximum Gasteiger partial charge on any atom is 0.0715 e. The summed E-state index contributed by atoms with van der Waals surface area (Å²) in [6, 6.07) is 0.477. The molecule has 0 spiro atoms. The molecule has 0 aliphatic rings. The summed E-state index contributed by atoms with van der Waals surface area (Å²) in [6.07, 6.45) is 4.91. The van der Waals surface area contributed by atoms with Crippen LogP contribution < -0.4 is 0 Å². The van der Waals surface area contributed by atoms with E-state index in [4.69, 9.17) is 5.11 Å². The van der Waals surface area contributed by atoms with Gasteiger partial charge in [-0.05, 0) is 19.3 Å². The predicted molar refractivity (Wildman–Crippen MR) is 57.1 cm³/mol. The smallest absolute Gasteiger partial charge is 0.0715 e. The molecule has 0 unspecified atom stereocenters. The Morgan fingerprint density at radius 1 is 1.36 bits per heavy atom. The van der Waals surface area contributed by atoms with Crippen molar-refractivity contribution in [3.8, 4) is 0 Å². The summed E-state index contributed by atoms with van der Waals surface area (Å²) in [6.45, 7) is 6.56. The van der Waals surface area contributed by atoms with Gasteiger partial charge in [-0.15, -0.1) is 0 Å². The Balaban J connectivity index is 3.01. The van der Waals surface area contributed by atoms with Gasteiger partial charge in [0, 0.05) is 11.3 Å². The lowest BCUT2D eigenvalue weighted by atomic mass is 10.1. The monoisotopic (exact) mass is 196 g/mol. The minimum absolute atomic E-state index is 0.101. The fraction of sp³-hybridized carbons (Fsp3) is 0.727. The third-order valence-electron chi connectivity index (χ3n) is 2.78. The normalized spacial score (nSPS) is 11.2. The highest BCUT2D eigenvalue weighted by Gasteiger charge is 2.13. The summed E-state index contributed by atoms with van der Waals surface area (Å²) in [5, 5.41) is 13.5. The van der Waals surface area contributed by atoms with E-state index in [1.54, 1.807) is 6.20 Å². The highest BCUT2D eigenvalue weighted by atomic mass is 16.3. The first-order valence-electron chi connectivity index (χ1n) is 5.44. The molecule has 0 aliphatic heterocycles. The molecule has 0 aliphatic carbocycles. The fourth-order valence-electron chi connectivity index (χ4n) is 1.89. The van der Waals surface area contributed by atoms with E-state index in [0.29, 0.717) is 6.04 Å². The first-order chi connectivity index (χ1) is 6.78. The zero-order chi connectivity index (χ0) is 10.6. The summed E-state index contributed by atoms with van der Waals surface area (Å²) in [5.41, 5.74) is 2.15. The van der Waals surface area contributed by atoms with Gasteiger partial charge in [-0.1, -0.05) is 20.8 Å². The molecule has 0 radical (unpaired) electrons. The summed E-state index contributed by atoms with van der Waals surface area (Å²) in [7, 11) is 0. The van der Waals surface area contributed by atoms with E-state index in [-0.39, 0.29) is 6.61 Å². The van der Waals surface area contributed by atoms with Crippen molar-refractivity contribution in [2.24, 2.45) is 0 Å². The Kier molecular flexibility index (Phi) is 4.14. The molecule has 0 saturated carbocycles. The van der Waals surface area contributed by atoms with Crippen LogP contribution in [0, 0.1) is 0 Å².